The van der Waals surface area contributed by atoms with Gasteiger partial charge < -0.3 is 11.1 Å². The van der Waals surface area contributed by atoms with E-state index in [1.54, 1.807) is 0 Å². The Morgan fingerprint density at radius 3 is 2.76 bits per heavy atom. The zero-order valence-electron chi connectivity index (χ0n) is 10.6. The van der Waals surface area contributed by atoms with E-state index < -0.39 is 5.54 Å². The molecule has 1 saturated carbocycles. The quantitative estimate of drug-likeness (QED) is 0.742. The number of hydrogen-bond donors (Lipinski definition) is 3. The van der Waals surface area contributed by atoms with Crippen molar-refractivity contribution in [2.45, 2.75) is 45.6 Å². The fraction of sp³-hybridized carbons (Fsp3) is 0.667. The van der Waals surface area contributed by atoms with Crippen molar-refractivity contribution >= 4 is 11.7 Å². The molecular formula is C12H20N4O. The van der Waals surface area contributed by atoms with Crippen molar-refractivity contribution in [3.8, 4) is 0 Å². The lowest BCUT2D eigenvalue weighted by Crippen LogP contribution is -2.37. The van der Waals surface area contributed by atoms with Crippen molar-refractivity contribution < 1.29 is 4.79 Å². The Bertz CT molecular complexity index is 426. The third kappa shape index (κ3) is 3.06. The van der Waals surface area contributed by atoms with E-state index in [2.05, 4.69) is 36.3 Å². The summed E-state index contributed by atoms with van der Waals surface area (Å²) in [6.45, 7) is 6.47. The number of rotatable bonds is 3. The number of carbonyl (C=O) groups is 1. The molecule has 0 aliphatic heterocycles. The lowest BCUT2D eigenvalue weighted by atomic mass is 9.91. The third-order valence-corrected chi connectivity index (χ3v) is 2.83. The van der Waals surface area contributed by atoms with Crippen LogP contribution in [0.25, 0.3) is 0 Å². The lowest BCUT2D eigenvalue weighted by Gasteiger charge is -2.15. The zero-order chi connectivity index (χ0) is 12.7. The molecule has 1 aromatic rings. The Morgan fingerprint density at radius 1 is 1.59 bits per heavy atom. The molecule has 5 heteroatoms. The van der Waals surface area contributed by atoms with Crippen LogP contribution in [0.5, 0.6) is 0 Å². The van der Waals surface area contributed by atoms with Crippen LogP contribution in [-0.2, 0) is 11.2 Å². The topological polar surface area (TPSA) is 83.8 Å². The lowest BCUT2D eigenvalue weighted by molar-refractivity contribution is -0.118. The molecular weight excluding hydrogens is 216 g/mol. The van der Waals surface area contributed by atoms with Gasteiger partial charge in [0, 0.05) is 11.8 Å². The summed E-state index contributed by atoms with van der Waals surface area (Å²) in [7, 11) is 0. The average molecular weight is 236 g/mol. The normalized spacial score (nSPS) is 17.9. The Labute approximate surface area is 101 Å². The summed E-state index contributed by atoms with van der Waals surface area (Å²) in [6.07, 6.45) is 2.42. The van der Waals surface area contributed by atoms with E-state index in [1.807, 2.05) is 6.07 Å². The highest BCUT2D eigenvalue weighted by molar-refractivity contribution is 5.99. The van der Waals surface area contributed by atoms with Gasteiger partial charge in [-0.05, 0) is 24.7 Å². The fourth-order valence-electron chi connectivity index (χ4n) is 1.69. The van der Waals surface area contributed by atoms with Crippen LogP contribution in [0.2, 0.25) is 0 Å². The first-order valence-corrected chi connectivity index (χ1v) is 5.93. The maximum absolute atomic E-state index is 11.7. The highest BCUT2D eigenvalue weighted by atomic mass is 16.2. The largest absolute Gasteiger partial charge is 0.317 e. The van der Waals surface area contributed by atoms with Crippen LogP contribution >= 0.6 is 0 Å². The van der Waals surface area contributed by atoms with E-state index in [0.29, 0.717) is 5.82 Å². The summed E-state index contributed by atoms with van der Waals surface area (Å²) < 4.78 is 0. The number of H-pyrrole nitrogens is 1. The van der Waals surface area contributed by atoms with Gasteiger partial charge in [-0.3, -0.25) is 9.89 Å². The molecule has 1 fully saturated rings. The van der Waals surface area contributed by atoms with Gasteiger partial charge in [0.1, 0.15) is 0 Å². The van der Waals surface area contributed by atoms with E-state index in [9.17, 15) is 4.79 Å². The summed E-state index contributed by atoms with van der Waals surface area (Å²) in [5.41, 5.74) is 6.36. The number of amides is 1. The minimum Gasteiger partial charge on any atom is -0.317 e. The Balaban J connectivity index is 1.97. The van der Waals surface area contributed by atoms with Crippen molar-refractivity contribution in [1.82, 2.24) is 10.2 Å². The van der Waals surface area contributed by atoms with Crippen LogP contribution in [0.15, 0.2) is 6.07 Å². The molecule has 1 aliphatic rings. The minimum atomic E-state index is -0.650. The standard InChI is InChI=1S/C12H20N4O/c1-11(2,3)7-8-6-9(16-15-8)14-10(17)12(13)4-5-12/h6H,4-5,7,13H2,1-3H3,(H2,14,15,16,17). The maximum atomic E-state index is 11.7. The second-order valence-corrected chi connectivity index (χ2v) is 6.13. The van der Waals surface area contributed by atoms with Crippen LogP contribution in [0.3, 0.4) is 0 Å². The van der Waals surface area contributed by atoms with E-state index in [4.69, 9.17) is 5.73 Å². The summed E-state index contributed by atoms with van der Waals surface area (Å²) in [6, 6.07) is 1.87. The molecule has 4 N–H and O–H groups in total. The monoisotopic (exact) mass is 236 g/mol. The molecule has 0 bridgehead atoms. The van der Waals surface area contributed by atoms with Crippen LogP contribution in [0, 0.1) is 5.41 Å². The predicted molar refractivity (Wildman–Crippen MR) is 66.5 cm³/mol. The summed E-state index contributed by atoms with van der Waals surface area (Å²) in [5.74, 6) is 0.428. The van der Waals surface area contributed by atoms with Crippen molar-refractivity contribution in [2.75, 3.05) is 5.32 Å². The molecule has 0 atom stereocenters. The SMILES string of the molecule is CC(C)(C)Cc1cc(NC(=O)C2(N)CC2)n[nH]1. The highest BCUT2D eigenvalue weighted by Gasteiger charge is 2.46. The number of nitrogens with two attached hydrogens (primary N) is 1. The number of hydrogen-bond acceptors (Lipinski definition) is 3. The zero-order valence-corrected chi connectivity index (χ0v) is 10.6. The van der Waals surface area contributed by atoms with Gasteiger partial charge in [-0.1, -0.05) is 20.8 Å². The molecule has 94 valence electrons. The first kappa shape index (κ1) is 12.1. The molecule has 0 unspecified atom stereocenters. The first-order chi connectivity index (χ1) is 7.78. The number of nitrogens with one attached hydrogen (secondary N) is 2. The third-order valence-electron chi connectivity index (χ3n) is 2.83. The Hall–Kier alpha value is -1.36. The molecule has 1 heterocycles. The maximum Gasteiger partial charge on any atom is 0.245 e. The van der Waals surface area contributed by atoms with E-state index in [0.717, 1.165) is 25.0 Å². The van der Waals surface area contributed by atoms with Gasteiger partial charge in [0.2, 0.25) is 5.91 Å². The van der Waals surface area contributed by atoms with Crippen molar-refractivity contribution in [2.24, 2.45) is 11.1 Å². The van der Waals surface area contributed by atoms with Gasteiger partial charge in [-0.2, -0.15) is 5.10 Å². The fourth-order valence-corrected chi connectivity index (χ4v) is 1.69. The van der Waals surface area contributed by atoms with E-state index in [-0.39, 0.29) is 11.3 Å². The predicted octanol–water partition coefficient (Wildman–Crippen LogP) is 1.43. The molecule has 1 amide bonds. The number of anilines is 1. The second-order valence-electron chi connectivity index (χ2n) is 6.13. The molecule has 1 aliphatic carbocycles. The average Bonchev–Trinajstić information content (AvgIpc) is 2.78. The molecule has 0 saturated heterocycles. The summed E-state index contributed by atoms with van der Waals surface area (Å²) in [5, 5.41) is 9.75. The molecule has 2 rings (SSSR count). The van der Waals surface area contributed by atoms with Gasteiger partial charge in [0.05, 0.1) is 5.54 Å². The van der Waals surface area contributed by atoms with Crippen molar-refractivity contribution in [1.29, 1.82) is 0 Å². The molecule has 0 spiro atoms. The van der Waals surface area contributed by atoms with Gasteiger partial charge >= 0.3 is 0 Å². The molecule has 1 aromatic heterocycles. The number of carbonyl (C=O) groups excluding carboxylic acids is 1. The van der Waals surface area contributed by atoms with Crippen LogP contribution < -0.4 is 11.1 Å². The molecule has 0 aromatic carbocycles. The van der Waals surface area contributed by atoms with Crippen LogP contribution in [0.4, 0.5) is 5.82 Å². The van der Waals surface area contributed by atoms with Gasteiger partial charge in [0.25, 0.3) is 0 Å². The molecule has 5 nitrogen and oxygen atoms in total. The Morgan fingerprint density at radius 2 is 2.24 bits per heavy atom. The number of aromatic amines is 1. The van der Waals surface area contributed by atoms with Gasteiger partial charge in [0.15, 0.2) is 5.82 Å². The number of aromatic nitrogens is 2. The van der Waals surface area contributed by atoms with Crippen molar-refractivity contribution in [3.63, 3.8) is 0 Å². The highest BCUT2D eigenvalue weighted by Crippen LogP contribution is 2.33. The summed E-state index contributed by atoms with van der Waals surface area (Å²) in [4.78, 5) is 11.7. The van der Waals surface area contributed by atoms with Gasteiger partial charge in [-0.25, -0.2) is 0 Å². The van der Waals surface area contributed by atoms with Crippen LogP contribution in [0.1, 0.15) is 39.3 Å². The number of nitrogens with zero attached hydrogens (tertiary/aromatic N) is 1. The molecule has 17 heavy (non-hydrogen) atoms. The second kappa shape index (κ2) is 3.84. The van der Waals surface area contributed by atoms with Crippen molar-refractivity contribution in [3.05, 3.63) is 11.8 Å². The van der Waals surface area contributed by atoms with E-state index >= 15 is 0 Å². The van der Waals surface area contributed by atoms with Crippen LogP contribution in [-0.4, -0.2) is 21.6 Å². The molecule has 0 radical (unpaired) electrons. The minimum absolute atomic E-state index is 0.133. The van der Waals surface area contributed by atoms with E-state index in [1.165, 1.54) is 0 Å². The first-order valence-electron chi connectivity index (χ1n) is 5.93. The van der Waals surface area contributed by atoms with Gasteiger partial charge in [-0.15, -0.1) is 0 Å². The summed E-state index contributed by atoms with van der Waals surface area (Å²) >= 11 is 0. The Kier molecular flexibility index (Phi) is 2.73. The smallest absolute Gasteiger partial charge is 0.245 e.